The number of aromatic nitrogens is 5. The minimum absolute atomic E-state index is 0.515. The lowest BCUT2D eigenvalue weighted by Gasteiger charge is -2.09. The lowest BCUT2D eigenvalue weighted by Crippen LogP contribution is -2.04. The Morgan fingerprint density at radius 3 is 2.71 bits per heavy atom. The molecule has 24 heavy (non-hydrogen) atoms. The first-order valence-electron chi connectivity index (χ1n) is 8.20. The van der Waals surface area contributed by atoms with Crippen LogP contribution in [0.2, 0.25) is 0 Å². The molecular formula is C17H22N6S. The number of anilines is 1. The van der Waals surface area contributed by atoms with Crippen LogP contribution in [0.1, 0.15) is 31.2 Å². The number of aryl methyl sites for hydroxylation is 3. The number of hydrogen-bond donors (Lipinski definition) is 1. The summed E-state index contributed by atoms with van der Waals surface area (Å²) in [5.74, 6) is 2.61. The molecule has 3 heterocycles. The third-order valence-corrected chi connectivity index (χ3v) is 4.89. The first-order valence-corrected chi connectivity index (χ1v) is 9.19. The Bertz CT molecular complexity index is 815. The zero-order valence-electron chi connectivity index (χ0n) is 14.1. The molecule has 0 amide bonds. The Kier molecular flexibility index (Phi) is 5.30. The largest absolute Gasteiger partial charge is 0.382 e. The van der Waals surface area contributed by atoms with Crippen molar-refractivity contribution in [2.45, 2.75) is 44.8 Å². The fourth-order valence-corrected chi connectivity index (χ4v) is 3.57. The number of nitrogens with two attached hydrogens (primary N) is 1. The van der Waals surface area contributed by atoms with Gasteiger partial charge in [-0.2, -0.15) is 0 Å². The molecule has 0 fully saturated rings. The molecule has 0 atom stereocenters. The van der Waals surface area contributed by atoms with Crippen LogP contribution in [0.4, 0.5) is 5.82 Å². The summed E-state index contributed by atoms with van der Waals surface area (Å²) in [4.78, 5) is 17.4. The number of imidazole rings is 1. The van der Waals surface area contributed by atoms with E-state index in [4.69, 9.17) is 5.73 Å². The van der Waals surface area contributed by atoms with Gasteiger partial charge < -0.3 is 10.3 Å². The molecular weight excluding hydrogens is 320 g/mol. The van der Waals surface area contributed by atoms with Crippen molar-refractivity contribution in [3.05, 3.63) is 36.0 Å². The van der Waals surface area contributed by atoms with Crippen molar-refractivity contribution in [3.8, 4) is 0 Å². The van der Waals surface area contributed by atoms with E-state index in [1.165, 1.54) is 0 Å². The third-order valence-electron chi connectivity index (χ3n) is 3.93. The van der Waals surface area contributed by atoms with Crippen molar-refractivity contribution < 1.29 is 0 Å². The van der Waals surface area contributed by atoms with Crippen LogP contribution in [-0.2, 0) is 13.0 Å². The van der Waals surface area contributed by atoms with Gasteiger partial charge in [0.25, 0.3) is 0 Å². The lowest BCUT2D eigenvalue weighted by molar-refractivity contribution is 0.621. The van der Waals surface area contributed by atoms with Crippen molar-refractivity contribution in [2.75, 3.05) is 11.5 Å². The van der Waals surface area contributed by atoms with Crippen LogP contribution in [-0.4, -0.2) is 30.3 Å². The van der Waals surface area contributed by atoms with Gasteiger partial charge in [-0.3, -0.25) is 0 Å². The molecule has 0 radical (unpaired) electrons. The zero-order valence-corrected chi connectivity index (χ0v) is 14.9. The van der Waals surface area contributed by atoms with Crippen LogP contribution < -0.4 is 5.73 Å². The molecule has 0 saturated heterocycles. The van der Waals surface area contributed by atoms with Crippen LogP contribution >= 0.6 is 11.8 Å². The molecule has 3 rings (SSSR count). The van der Waals surface area contributed by atoms with E-state index < -0.39 is 0 Å². The van der Waals surface area contributed by atoms with Crippen LogP contribution in [0.5, 0.6) is 0 Å². The zero-order chi connectivity index (χ0) is 16.9. The summed E-state index contributed by atoms with van der Waals surface area (Å²) < 4.78 is 2.30. The summed E-state index contributed by atoms with van der Waals surface area (Å²) in [6.45, 7) is 5.13. The molecule has 6 nitrogen and oxygen atoms in total. The number of thioether (sulfide) groups is 1. The van der Waals surface area contributed by atoms with Gasteiger partial charge in [0, 0.05) is 37.3 Å². The number of unbranched alkanes of at least 4 members (excludes halogenated alkanes) is 1. The monoisotopic (exact) mass is 342 g/mol. The van der Waals surface area contributed by atoms with E-state index in [9.17, 15) is 0 Å². The molecule has 0 aliphatic carbocycles. The molecule has 0 aromatic carbocycles. The van der Waals surface area contributed by atoms with Gasteiger partial charge in [0.05, 0.1) is 5.52 Å². The number of rotatable bonds is 7. The summed E-state index contributed by atoms with van der Waals surface area (Å²) >= 11 is 1.70. The van der Waals surface area contributed by atoms with E-state index in [1.54, 1.807) is 24.2 Å². The fraction of sp³-hybridized carbons (Fsp3) is 0.412. The maximum Gasteiger partial charge on any atom is 0.187 e. The Labute approximate surface area is 145 Å². The Hall–Kier alpha value is -2.15. The number of nitrogen functional groups attached to an aromatic ring is 1. The SMILES string of the molecule is CCc1nc2c(N)ncc(C)c2n1CCCCSc1ncccn1. The lowest BCUT2D eigenvalue weighted by atomic mass is 10.2. The summed E-state index contributed by atoms with van der Waals surface area (Å²) in [6, 6.07) is 1.84. The van der Waals surface area contributed by atoms with E-state index in [0.29, 0.717) is 5.82 Å². The Morgan fingerprint density at radius 2 is 1.96 bits per heavy atom. The van der Waals surface area contributed by atoms with Gasteiger partial charge in [-0.05, 0) is 31.4 Å². The predicted molar refractivity (Wildman–Crippen MR) is 98.0 cm³/mol. The van der Waals surface area contributed by atoms with E-state index in [2.05, 4.69) is 38.4 Å². The fourth-order valence-electron chi connectivity index (χ4n) is 2.77. The molecule has 126 valence electrons. The van der Waals surface area contributed by atoms with Gasteiger partial charge in [0.15, 0.2) is 11.0 Å². The van der Waals surface area contributed by atoms with E-state index in [1.807, 2.05) is 12.3 Å². The van der Waals surface area contributed by atoms with Crippen molar-refractivity contribution in [3.63, 3.8) is 0 Å². The highest BCUT2D eigenvalue weighted by Crippen LogP contribution is 2.24. The average Bonchev–Trinajstić information content (AvgIpc) is 2.99. The van der Waals surface area contributed by atoms with Crippen LogP contribution in [0.25, 0.3) is 11.0 Å². The topological polar surface area (TPSA) is 82.5 Å². The summed E-state index contributed by atoms with van der Waals surface area (Å²) in [7, 11) is 0. The number of fused-ring (bicyclic) bond motifs is 1. The average molecular weight is 342 g/mol. The standard InChI is InChI=1S/C17H22N6S/c1-3-13-22-14-15(12(2)11-21-16(14)18)23(13)9-4-5-10-24-17-19-7-6-8-20-17/h6-8,11H,3-5,9-10H2,1-2H3,(H2,18,21). The molecule has 0 saturated carbocycles. The number of pyridine rings is 1. The predicted octanol–water partition coefficient (Wildman–Crippen LogP) is 3.25. The first-order chi connectivity index (χ1) is 11.7. The van der Waals surface area contributed by atoms with Crippen LogP contribution in [0, 0.1) is 6.92 Å². The minimum atomic E-state index is 0.515. The van der Waals surface area contributed by atoms with Gasteiger partial charge in [-0.15, -0.1) is 0 Å². The van der Waals surface area contributed by atoms with Gasteiger partial charge in [0.2, 0.25) is 0 Å². The Balaban J connectivity index is 1.65. The van der Waals surface area contributed by atoms with Gasteiger partial charge >= 0.3 is 0 Å². The van der Waals surface area contributed by atoms with Crippen molar-refractivity contribution in [1.29, 1.82) is 0 Å². The van der Waals surface area contributed by atoms with Crippen LogP contribution in [0.3, 0.4) is 0 Å². The van der Waals surface area contributed by atoms with E-state index in [0.717, 1.165) is 59.1 Å². The normalized spacial score (nSPS) is 11.2. The first kappa shape index (κ1) is 16.7. The number of nitrogens with zero attached hydrogens (tertiary/aromatic N) is 5. The Morgan fingerprint density at radius 1 is 1.17 bits per heavy atom. The molecule has 3 aromatic heterocycles. The molecule has 0 aliphatic heterocycles. The second-order valence-electron chi connectivity index (χ2n) is 5.64. The molecule has 0 bridgehead atoms. The highest BCUT2D eigenvalue weighted by Gasteiger charge is 2.14. The summed E-state index contributed by atoms with van der Waals surface area (Å²) in [5, 5.41) is 0.842. The number of hydrogen-bond acceptors (Lipinski definition) is 6. The van der Waals surface area contributed by atoms with Crippen LogP contribution in [0.15, 0.2) is 29.8 Å². The smallest absolute Gasteiger partial charge is 0.187 e. The van der Waals surface area contributed by atoms with E-state index in [-0.39, 0.29) is 0 Å². The van der Waals surface area contributed by atoms with Gasteiger partial charge in [-0.1, -0.05) is 18.7 Å². The third kappa shape index (κ3) is 3.51. The van der Waals surface area contributed by atoms with Gasteiger partial charge in [0.1, 0.15) is 11.3 Å². The molecule has 3 aromatic rings. The maximum atomic E-state index is 6.00. The molecule has 2 N–H and O–H groups in total. The summed E-state index contributed by atoms with van der Waals surface area (Å²) in [6.07, 6.45) is 8.47. The molecule has 0 aliphatic rings. The highest BCUT2D eigenvalue weighted by molar-refractivity contribution is 7.99. The van der Waals surface area contributed by atoms with Crippen molar-refractivity contribution in [2.24, 2.45) is 0 Å². The van der Waals surface area contributed by atoms with Gasteiger partial charge in [-0.25, -0.2) is 19.9 Å². The molecule has 0 spiro atoms. The molecule has 0 unspecified atom stereocenters. The maximum absolute atomic E-state index is 6.00. The summed E-state index contributed by atoms with van der Waals surface area (Å²) in [5.41, 5.74) is 9.08. The minimum Gasteiger partial charge on any atom is -0.382 e. The second-order valence-corrected chi connectivity index (χ2v) is 6.71. The molecule has 7 heteroatoms. The van der Waals surface area contributed by atoms with Crippen molar-refractivity contribution >= 4 is 28.6 Å². The second kappa shape index (κ2) is 7.61. The highest BCUT2D eigenvalue weighted by atomic mass is 32.2. The quantitative estimate of drug-likeness (QED) is 0.403. The van der Waals surface area contributed by atoms with Crippen molar-refractivity contribution in [1.82, 2.24) is 24.5 Å². The van der Waals surface area contributed by atoms with E-state index >= 15 is 0 Å².